The van der Waals surface area contributed by atoms with E-state index in [-0.39, 0.29) is 6.61 Å². The molecule has 0 saturated heterocycles. The average Bonchev–Trinajstić information content (AvgIpc) is 2.65. The highest BCUT2D eigenvalue weighted by molar-refractivity contribution is 6.32. The first-order chi connectivity index (χ1) is 12.6. The smallest absolute Gasteiger partial charge is 0.331 e. The molecule has 0 aliphatic rings. The van der Waals surface area contributed by atoms with Crippen LogP contribution in [0.3, 0.4) is 0 Å². The molecule has 0 unspecified atom stereocenters. The van der Waals surface area contributed by atoms with E-state index < -0.39 is 11.9 Å². The molecular formula is C21H16ClNO3. The molecule has 0 bridgehead atoms. The van der Waals surface area contributed by atoms with Gasteiger partial charge in [-0.15, -0.1) is 0 Å². The minimum Gasteiger partial charge on any atom is -0.452 e. The number of carbonyl (C=O) groups excluding carboxylic acids is 2. The van der Waals surface area contributed by atoms with Gasteiger partial charge in [-0.05, 0) is 40.6 Å². The lowest BCUT2D eigenvalue weighted by Gasteiger charge is -2.07. The monoisotopic (exact) mass is 365 g/mol. The zero-order chi connectivity index (χ0) is 18.4. The van der Waals surface area contributed by atoms with Gasteiger partial charge in [0, 0.05) is 16.8 Å². The highest BCUT2D eigenvalue weighted by Crippen LogP contribution is 2.19. The molecule has 0 aromatic heterocycles. The van der Waals surface area contributed by atoms with Crippen molar-refractivity contribution in [2.45, 2.75) is 0 Å². The Hall–Kier alpha value is -3.11. The number of hydrogen-bond acceptors (Lipinski definition) is 3. The van der Waals surface area contributed by atoms with Gasteiger partial charge in [-0.25, -0.2) is 4.79 Å². The summed E-state index contributed by atoms with van der Waals surface area (Å²) in [6.07, 6.45) is 2.79. The molecule has 1 amide bonds. The van der Waals surface area contributed by atoms with E-state index in [1.807, 2.05) is 42.5 Å². The zero-order valence-corrected chi connectivity index (χ0v) is 14.6. The molecule has 0 heterocycles. The van der Waals surface area contributed by atoms with E-state index in [2.05, 4.69) is 5.32 Å². The molecule has 0 radical (unpaired) electrons. The predicted molar refractivity (Wildman–Crippen MR) is 104 cm³/mol. The van der Waals surface area contributed by atoms with Crippen molar-refractivity contribution in [1.29, 1.82) is 0 Å². The van der Waals surface area contributed by atoms with E-state index in [9.17, 15) is 9.59 Å². The van der Waals surface area contributed by atoms with Crippen LogP contribution >= 0.6 is 11.6 Å². The van der Waals surface area contributed by atoms with Crippen LogP contribution < -0.4 is 5.32 Å². The molecule has 5 heteroatoms. The summed E-state index contributed by atoms with van der Waals surface area (Å²) in [4.78, 5) is 23.7. The van der Waals surface area contributed by atoms with Gasteiger partial charge < -0.3 is 10.1 Å². The molecule has 3 aromatic rings. The highest BCUT2D eigenvalue weighted by atomic mass is 35.5. The number of fused-ring (bicyclic) bond motifs is 1. The second-order valence-corrected chi connectivity index (χ2v) is 5.98. The molecule has 0 aliphatic heterocycles. The molecule has 130 valence electrons. The van der Waals surface area contributed by atoms with E-state index in [0.29, 0.717) is 16.3 Å². The van der Waals surface area contributed by atoms with Crippen molar-refractivity contribution in [3.8, 4) is 0 Å². The van der Waals surface area contributed by atoms with Gasteiger partial charge in [0.05, 0.1) is 0 Å². The van der Waals surface area contributed by atoms with E-state index in [0.717, 1.165) is 10.8 Å². The molecule has 26 heavy (non-hydrogen) atoms. The highest BCUT2D eigenvalue weighted by Gasteiger charge is 2.06. The predicted octanol–water partition coefficient (Wildman–Crippen LogP) is 4.69. The second-order valence-electron chi connectivity index (χ2n) is 5.57. The molecule has 3 aromatic carbocycles. The summed E-state index contributed by atoms with van der Waals surface area (Å²) in [5, 5.41) is 5.35. The molecular weight excluding hydrogens is 350 g/mol. The number of halogens is 1. The van der Waals surface area contributed by atoms with E-state index in [1.165, 1.54) is 6.08 Å². The maximum Gasteiger partial charge on any atom is 0.331 e. The standard InChI is InChI=1S/C21H16ClNO3/c22-19-8-4-3-6-16(19)10-12-21(25)26-14-20(24)23-18-11-9-15-5-1-2-7-17(15)13-18/h1-13H,14H2,(H,23,24). The number of hydrogen-bond donors (Lipinski definition) is 1. The van der Waals surface area contributed by atoms with Gasteiger partial charge in [0.1, 0.15) is 0 Å². The Bertz CT molecular complexity index is 982. The summed E-state index contributed by atoms with van der Waals surface area (Å²) < 4.78 is 4.94. The Labute approximate surface area is 156 Å². The average molecular weight is 366 g/mol. The Morgan fingerprint density at radius 2 is 1.69 bits per heavy atom. The molecule has 1 N–H and O–H groups in total. The molecule has 0 saturated carbocycles. The lowest BCUT2D eigenvalue weighted by molar-refractivity contribution is -0.142. The van der Waals surface area contributed by atoms with Gasteiger partial charge in [-0.2, -0.15) is 0 Å². The minimum absolute atomic E-state index is 0.363. The lowest BCUT2D eigenvalue weighted by Crippen LogP contribution is -2.20. The van der Waals surface area contributed by atoms with Crippen molar-refractivity contribution < 1.29 is 14.3 Å². The van der Waals surface area contributed by atoms with Crippen molar-refractivity contribution in [3.05, 3.63) is 83.4 Å². The van der Waals surface area contributed by atoms with Gasteiger partial charge in [0.2, 0.25) is 0 Å². The summed E-state index contributed by atoms with van der Waals surface area (Å²) in [7, 11) is 0. The maximum absolute atomic E-state index is 11.9. The van der Waals surface area contributed by atoms with Crippen LogP contribution in [0, 0.1) is 0 Å². The lowest BCUT2D eigenvalue weighted by atomic mass is 10.1. The first-order valence-corrected chi connectivity index (χ1v) is 8.37. The fraction of sp³-hybridized carbons (Fsp3) is 0.0476. The van der Waals surface area contributed by atoms with Crippen LogP contribution in [-0.2, 0) is 14.3 Å². The van der Waals surface area contributed by atoms with Crippen molar-refractivity contribution in [2.75, 3.05) is 11.9 Å². The molecule has 0 aliphatic carbocycles. The molecule has 0 fully saturated rings. The summed E-state index contributed by atoms with van der Waals surface area (Å²) in [5.74, 6) is -1.02. The summed E-state index contributed by atoms with van der Waals surface area (Å²) in [6.45, 7) is -0.363. The zero-order valence-electron chi connectivity index (χ0n) is 13.8. The van der Waals surface area contributed by atoms with E-state index >= 15 is 0 Å². The van der Waals surface area contributed by atoms with Crippen molar-refractivity contribution in [1.82, 2.24) is 0 Å². The van der Waals surface area contributed by atoms with Crippen molar-refractivity contribution in [2.24, 2.45) is 0 Å². The third-order valence-corrected chi connectivity index (χ3v) is 4.03. The third-order valence-electron chi connectivity index (χ3n) is 3.68. The van der Waals surface area contributed by atoms with E-state index in [4.69, 9.17) is 16.3 Å². The number of anilines is 1. The van der Waals surface area contributed by atoms with Gasteiger partial charge in [0.25, 0.3) is 5.91 Å². The van der Waals surface area contributed by atoms with Crippen LogP contribution in [0.4, 0.5) is 5.69 Å². The minimum atomic E-state index is -0.612. The van der Waals surface area contributed by atoms with Crippen LogP contribution in [0.1, 0.15) is 5.56 Å². The van der Waals surface area contributed by atoms with Crippen molar-refractivity contribution in [3.63, 3.8) is 0 Å². The summed E-state index contributed by atoms with van der Waals surface area (Å²) in [6, 6.07) is 20.6. The Morgan fingerprint density at radius 1 is 0.962 bits per heavy atom. The molecule has 0 atom stereocenters. The fourth-order valence-corrected chi connectivity index (χ4v) is 2.62. The van der Waals surface area contributed by atoms with Crippen LogP contribution in [0.25, 0.3) is 16.8 Å². The number of nitrogens with one attached hydrogen (secondary N) is 1. The SMILES string of the molecule is O=C(COC(=O)C=Cc1ccccc1Cl)Nc1ccc2ccccc2c1. The van der Waals surface area contributed by atoms with Crippen molar-refractivity contribution >= 4 is 46.0 Å². The van der Waals surface area contributed by atoms with Gasteiger partial charge in [-0.1, -0.05) is 60.1 Å². The summed E-state index contributed by atoms with van der Waals surface area (Å²) >= 11 is 6.00. The van der Waals surface area contributed by atoms with Gasteiger partial charge >= 0.3 is 5.97 Å². The topological polar surface area (TPSA) is 55.4 Å². The van der Waals surface area contributed by atoms with Crippen LogP contribution in [0.2, 0.25) is 5.02 Å². The van der Waals surface area contributed by atoms with Gasteiger partial charge in [0.15, 0.2) is 6.61 Å². The summed E-state index contributed by atoms with van der Waals surface area (Å²) in [5.41, 5.74) is 1.35. The molecule has 3 rings (SSSR count). The van der Waals surface area contributed by atoms with Crippen LogP contribution in [-0.4, -0.2) is 18.5 Å². The Morgan fingerprint density at radius 3 is 2.50 bits per heavy atom. The second kappa shape index (κ2) is 8.32. The Kier molecular flexibility index (Phi) is 5.66. The van der Waals surface area contributed by atoms with Crippen LogP contribution in [0.15, 0.2) is 72.8 Å². The number of carbonyl (C=O) groups is 2. The maximum atomic E-state index is 11.9. The van der Waals surface area contributed by atoms with Crippen LogP contribution in [0.5, 0.6) is 0 Å². The largest absolute Gasteiger partial charge is 0.452 e. The first kappa shape index (κ1) is 17.7. The molecule has 0 spiro atoms. The number of benzene rings is 3. The fourth-order valence-electron chi connectivity index (χ4n) is 2.42. The van der Waals surface area contributed by atoms with E-state index in [1.54, 1.807) is 30.3 Å². The van der Waals surface area contributed by atoms with Gasteiger partial charge in [-0.3, -0.25) is 4.79 Å². The first-order valence-electron chi connectivity index (χ1n) is 8.00. The normalized spacial score (nSPS) is 10.8. The number of esters is 1. The quantitative estimate of drug-likeness (QED) is 0.527. The number of amides is 1. The number of rotatable bonds is 5. The third kappa shape index (κ3) is 4.71. The Balaban J connectivity index is 1.53. The molecule has 4 nitrogen and oxygen atoms in total. The number of ether oxygens (including phenoxy) is 1.